The van der Waals surface area contributed by atoms with Crippen molar-refractivity contribution in [1.82, 2.24) is 0 Å². The zero-order valence-electron chi connectivity index (χ0n) is 8.29. The minimum absolute atomic E-state index is 0.417. The molecule has 1 aliphatic rings. The lowest BCUT2D eigenvalue weighted by Gasteiger charge is -2.33. The van der Waals surface area contributed by atoms with Crippen molar-refractivity contribution in [3.8, 4) is 0 Å². The molecule has 1 fully saturated rings. The topological polar surface area (TPSA) is 26.0 Å². The van der Waals surface area contributed by atoms with E-state index in [0.717, 1.165) is 5.92 Å². The number of hydrogen-bond acceptors (Lipinski definition) is 1. The van der Waals surface area contributed by atoms with Crippen molar-refractivity contribution in [2.24, 2.45) is 17.6 Å². The summed E-state index contributed by atoms with van der Waals surface area (Å²) in [4.78, 5) is 0. The molecule has 0 heterocycles. The Bertz CT molecular complexity index is 151. The van der Waals surface area contributed by atoms with E-state index in [0.29, 0.717) is 12.0 Å². The van der Waals surface area contributed by atoms with Crippen LogP contribution < -0.4 is 5.73 Å². The fourth-order valence-electron chi connectivity index (χ4n) is 2.35. The van der Waals surface area contributed by atoms with Crippen LogP contribution in [0.4, 0.5) is 0 Å². The first-order valence-electron chi connectivity index (χ1n) is 5.18. The van der Waals surface area contributed by atoms with Crippen LogP contribution >= 0.6 is 0 Å². The first kappa shape index (κ1) is 9.79. The molecule has 0 amide bonds. The molecular weight excluding hydrogens is 146 g/mol. The van der Waals surface area contributed by atoms with Gasteiger partial charge in [0.15, 0.2) is 0 Å². The fraction of sp³-hybridized carbons (Fsp3) is 0.818. The molecular formula is C11H21N. The number of hydrogen-bond donors (Lipinski definition) is 1. The van der Waals surface area contributed by atoms with E-state index in [2.05, 4.69) is 26.0 Å². The molecule has 1 heteroatoms. The zero-order valence-corrected chi connectivity index (χ0v) is 8.29. The number of allylic oxidation sites excluding steroid dienone is 1. The molecule has 1 saturated carbocycles. The smallest absolute Gasteiger partial charge is 0.0105 e. The summed E-state index contributed by atoms with van der Waals surface area (Å²) in [5.74, 6) is 1.48. The fourth-order valence-corrected chi connectivity index (χ4v) is 2.35. The van der Waals surface area contributed by atoms with E-state index in [-0.39, 0.29) is 0 Å². The van der Waals surface area contributed by atoms with Crippen molar-refractivity contribution in [2.45, 2.75) is 45.6 Å². The van der Waals surface area contributed by atoms with Crippen molar-refractivity contribution in [2.75, 3.05) is 0 Å². The molecule has 0 saturated heterocycles. The van der Waals surface area contributed by atoms with Gasteiger partial charge in [-0.2, -0.15) is 0 Å². The summed E-state index contributed by atoms with van der Waals surface area (Å²) in [6.07, 6.45) is 9.65. The highest BCUT2D eigenvalue weighted by molar-refractivity contribution is 4.97. The van der Waals surface area contributed by atoms with Crippen molar-refractivity contribution in [1.29, 1.82) is 0 Å². The molecule has 12 heavy (non-hydrogen) atoms. The van der Waals surface area contributed by atoms with Gasteiger partial charge in [-0.1, -0.05) is 31.9 Å². The van der Waals surface area contributed by atoms with Gasteiger partial charge in [0, 0.05) is 6.04 Å². The highest BCUT2D eigenvalue weighted by atomic mass is 14.7. The van der Waals surface area contributed by atoms with Crippen molar-refractivity contribution >= 4 is 0 Å². The molecule has 0 radical (unpaired) electrons. The Labute approximate surface area is 76.0 Å². The Balaban J connectivity index is 2.59. The summed E-state index contributed by atoms with van der Waals surface area (Å²) >= 11 is 0. The van der Waals surface area contributed by atoms with Crippen LogP contribution in [-0.2, 0) is 0 Å². The van der Waals surface area contributed by atoms with E-state index in [1.54, 1.807) is 0 Å². The highest BCUT2D eigenvalue weighted by Gasteiger charge is 2.27. The molecule has 1 aliphatic carbocycles. The van der Waals surface area contributed by atoms with Gasteiger partial charge < -0.3 is 5.73 Å². The second-order valence-electron chi connectivity index (χ2n) is 3.87. The lowest BCUT2D eigenvalue weighted by Crippen LogP contribution is -2.37. The van der Waals surface area contributed by atoms with Crippen molar-refractivity contribution in [3.63, 3.8) is 0 Å². The maximum absolute atomic E-state index is 6.08. The third kappa shape index (κ3) is 2.10. The lowest BCUT2D eigenvalue weighted by molar-refractivity contribution is 0.242. The molecule has 0 aromatic rings. The maximum Gasteiger partial charge on any atom is 0.0105 e. The molecule has 0 aromatic carbocycles. The normalized spacial score (nSPS) is 37.4. The van der Waals surface area contributed by atoms with Crippen LogP contribution in [0.2, 0.25) is 0 Å². The van der Waals surface area contributed by atoms with Crippen LogP contribution in [0.25, 0.3) is 0 Å². The van der Waals surface area contributed by atoms with Gasteiger partial charge in [-0.05, 0) is 31.6 Å². The molecule has 1 rings (SSSR count). The highest BCUT2D eigenvalue weighted by Crippen LogP contribution is 2.32. The van der Waals surface area contributed by atoms with Crippen LogP contribution in [-0.4, -0.2) is 6.04 Å². The monoisotopic (exact) mass is 167 g/mol. The molecule has 3 atom stereocenters. The van der Waals surface area contributed by atoms with Crippen LogP contribution in [0.1, 0.15) is 39.5 Å². The van der Waals surface area contributed by atoms with Crippen molar-refractivity contribution in [3.05, 3.63) is 12.2 Å². The lowest BCUT2D eigenvalue weighted by atomic mass is 9.75. The Morgan fingerprint density at radius 3 is 2.75 bits per heavy atom. The molecule has 0 aromatic heterocycles. The first-order chi connectivity index (χ1) is 5.79. The minimum Gasteiger partial charge on any atom is -0.327 e. The van der Waals surface area contributed by atoms with E-state index < -0.39 is 0 Å². The van der Waals surface area contributed by atoms with Gasteiger partial charge in [-0.25, -0.2) is 0 Å². The summed E-state index contributed by atoms with van der Waals surface area (Å²) in [6, 6.07) is 0.417. The SMILES string of the molecule is C/C=C\C1C(N)CCCC1CC. The Hall–Kier alpha value is -0.300. The molecule has 3 unspecified atom stereocenters. The zero-order chi connectivity index (χ0) is 8.97. The molecule has 0 spiro atoms. The summed E-state index contributed by atoms with van der Waals surface area (Å²) < 4.78 is 0. The van der Waals surface area contributed by atoms with E-state index in [4.69, 9.17) is 5.73 Å². The summed E-state index contributed by atoms with van der Waals surface area (Å²) in [5, 5.41) is 0. The Morgan fingerprint density at radius 1 is 1.42 bits per heavy atom. The largest absolute Gasteiger partial charge is 0.327 e. The standard InChI is InChI=1S/C11H21N/c1-3-6-10-9(4-2)7-5-8-11(10)12/h3,6,9-11H,4-5,7-8,12H2,1-2H3/b6-3-. The number of nitrogens with two attached hydrogens (primary N) is 1. The van der Waals surface area contributed by atoms with E-state index in [1.807, 2.05) is 0 Å². The van der Waals surface area contributed by atoms with Gasteiger partial charge in [-0.3, -0.25) is 0 Å². The predicted octanol–water partition coefficient (Wildman–Crippen LogP) is 2.72. The average Bonchev–Trinajstić information content (AvgIpc) is 2.09. The maximum atomic E-state index is 6.08. The Morgan fingerprint density at radius 2 is 2.17 bits per heavy atom. The number of rotatable bonds is 2. The van der Waals surface area contributed by atoms with Crippen LogP contribution in [0, 0.1) is 11.8 Å². The average molecular weight is 167 g/mol. The molecule has 0 bridgehead atoms. The quantitative estimate of drug-likeness (QED) is 0.629. The molecule has 2 N–H and O–H groups in total. The minimum atomic E-state index is 0.417. The molecule has 1 nitrogen and oxygen atoms in total. The molecule has 70 valence electrons. The van der Waals surface area contributed by atoms with Crippen LogP contribution in [0.15, 0.2) is 12.2 Å². The van der Waals surface area contributed by atoms with Gasteiger partial charge in [0.2, 0.25) is 0 Å². The molecule has 0 aliphatic heterocycles. The summed E-state index contributed by atoms with van der Waals surface area (Å²) in [7, 11) is 0. The second-order valence-corrected chi connectivity index (χ2v) is 3.87. The van der Waals surface area contributed by atoms with Crippen molar-refractivity contribution < 1.29 is 0 Å². The van der Waals surface area contributed by atoms with Crippen LogP contribution in [0.3, 0.4) is 0 Å². The Kier molecular flexibility index (Phi) is 3.80. The predicted molar refractivity (Wildman–Crippen MR) is 53.9 cm³/mol. The van der Waals surface area contributed by atoms with Gasteiger partial charge in [-0.15, -0.1) is 0 Å². The second kappa shape index (κ2) is 4.66. The van der Waals surface area contributed by atoms with E-state index >= 15 is 0 Å². The van der Waals surface area contributed by atoms with Crippen LogP contribution in [0.5, 0.6) is 0 Å². The summed E-state index contributed by atoms with van der Waals surface area (Å²) in [6.45, 7) is 4.37. The van der Waals surface area contributed by atoms with E-state index in [1.165, 1.54) is 25.7 Å². The third-order valence-electron chi connectivity index (χ3n) is 3.09. The summed E-state index contributed by atoms with van der Waals surface area (Å²) in [5.41, 5.74) is 6.08. The van der Waals surface area contributed by atoms with Gasteiger partial charge >= 0.3 is 0 Å². The van der Waals surface area contributed by atoms with Gasteiger partial charge in [0.1, 0.15) is 0 Å². The van der Waals surface area contributed by atoms with E-state index in [9.17, 15) is 0 Å². The van der Waals surface area contributed by atoms with Gasteiger partial charge in [0.25, 0.3) is 0 Å². The third-order valence-corrected chi connectivity index (χ3v) is 3.09. The van der Waals surface area contributed by atoms with Gasteiger partial charge in [0.05, 0.1) is 0 Å². The first-order valence-corrected chi connectivity index (χ1v) is 5.18.